The summed E-state index contributed by atoms with van der Waals surface area (Å²) in [5.41, 5.74) is 1.11. The van der Waals surface area contributed by atoms with Crippen molar-refractivity contribution in [3.05, 3.63) is 35.9 Å². The van der Waals surface area contributed by atoms with Crippen molar-refractivity contribution < 1.29 is 14.6 Å². The van der Waals surface area contributed by atoms with Gasteiger partial charge in [0.25, 0.3) is 0 Å². The number of amides is 1. The highest BCUT2D eigenvalue weighted by Crippen LogP contribution is 2.06. The van der Waals surface area contributed by atoms with Crippen molar-refractivity contribution in [2.45, 2.75) is 26.1 Å². The number of piperazine rings is 1. The Morgan fingerprint density at radius 1 is 1.23 bits per heavy atom. The molecular formula is C17H26N2O3. The van der Waals surface area contributed by atoms with Gasteiger partial charge in [0.15, 0.2) is 0 Å². The van der Waals surface area contributed by atoms with Crippen molar-refractivity contribution in [2.24, 2.45) is 0 Å². The molecule has 1 atom stereocenters. The molecule has 1 amide bonds. The lowest BCUT2D eigenvalue weighted by Gasteiger charge is -2.35. The molecule has 0 spiro atoms. The average Bonchev–Trinajstić information content (AvgIpc) is 2.56. The Bertz CT molecular complexity index is 444. The van der Waals surface area contributed by atoms with E-state index in [0.717, 1.165) is 31.7 Å². The lowest BCUT2D eigenvalue weighted by molar-refractivity contribution is -0.132. The van der Waals surface area contributed by atoms with Gasteiger partial charge in [-0.1, -0.05) is 37.3 Å². The predicted molar refractivity (Wildman–Crippen MR) is 85.4 cm³/mol. The Labute approximate surface area is 132 Å². The minimum absolute atomic E-state index is 0.214. The van der Waals surface area contributed by atoms with Gasteiger partial charge in [0.1, 0.15) is 0 Å². The van der Waals surface area contributed by atoms with Crippen LogP contribution in [0.15, 0.2) is 30.3 Å². The van der Waals surface area contributed by atoms with Gasteiger partial charge in [-0.25, -0.2) is 0 Å². The smallest absolute Gasteiger partial charge is 0.222 e. The van der Waals surface area contributed by atoms with Gasteiger partial charge >= 0.3 is 0 Å². The average molecular weight is 306 g/mol. The second-order valence-electron chi connectivity index (χ2n) is 5.69. The number of hydrogen-bond acceptors (Lipinski definition) is 4. The van der Waals surface area contributed by atoms with Crippen LogP contribution in [0.1, 0.15) is 18.9 Å². The summed E-state index contributed by atoms with van der Waals surface area (Å²) in [5.74, 6) is 0.214. The minimum atomic E-state index is -0.489. The van der Waals surface area contributed by atoms with Crippen molar-refractivity contribution in [3.8, 4) is 0 Å². The van der Waals surface area contributed by atoms with E-state index in [9.17, 15) is 9.90 Å². The molecule has 1 aromatic rings. The molecule has 1 fully saturated rings. The number of benzene rings is 1. The van der Waals surface area contributed by atoms with Crippen LogP contribution in [0, 0.1) is 0 Å². The zero-order valence-electron chi connectivity index (χ0n) is 13.3. The van der Waals surface area contributed by atoms with Gasteiger partial charge in [0.05, 0.1) is 19.3 Å². The molecular weight excluding hydrogens is 280 g/mol. The second-order valence-corrected chi connectivity index (χ2v) is 5.69. The number of ether oxygens (including phenoxy) is 1. The van der Waals surface area contributed by atoms with Crippen molar-refractivity contribution in [1.29, 1.82) is 0 Å². The molecule has 22 heavy (non-hydrogen) atoms. The number of aliphatic hydroxyl groups excluding tert-OH is 1. The van der Waals surface area contributed by atoms with Crippen LogP contribution in [0.4, 0.5) is 0 Å². The van der Waals surface area contributed by atoms with E-state index in [0.29, 0.717) is 26.2 Å². The Balaban J connectivity index is 1.61. The van der Waals surface area contributed by atoms with Gasteiger partial charge in [-0.2, -0.15) is 0 Å². The number of carbonyl (C=O) groups is 1. The molecule has 122 valence electrons. The molecule has 1 N–H and O–H groups in total. The molecule has 0 radical (unpaired) electrons. The maximum atomic E-state index is 11.6. The van der Waals surface area contributed by atoms with Crippen molar-refractivity contribution >= 4 is 5.91 Å². The number of hydrogen-bond donors (Lipinski definition) is 1. The highest BCUT2D eigenvalue weighted by atomic mass is 16.5. The van der Waals surface area contributed by atoms with Crippen LogP contribution in [0.3, 0.4) is 0 Å². The van der Waals surface area contributed by atoms with Crippen LogP contribution in [0.5, 0.6) is 0 Å². The van der Waals surface area contributed by atoms with Crippen LogP contribution in [0.25, 0.3) is 0 Å². The summed E-state index contributed by atoms with van der Waals surface area (Å²) >= 11 is 0. The summed E-state index contributed by atoms with van der Waals surface area (Å²) in [7, 11) is 0. The summed E-state index contributed by atoms with van der Waals surface area (Å²) in [4.78, 5) is 15.7. The molecule has 1 saturated heterocycles. The summed E-state index contributed by atoms with van der Waals surface area (Å²) in [5, 5.41) is 10.1. The van der Waals surface area contributed by atoms with Gasteiger partial charge in [-0.05, 0) is 5.56 Å². The maximum absolute atomic E-state index is 11.6. The third-order valence-electron chi connectivity index (χ3n) is 3.92. The maximum Gasteiger partial charge on any atom is 0.222 e. The zero-order chi connectivity index (χ0) is 15.8. The fraction of sp³-hybridized carbons (Fsp3) is 0.588. The number of rotatable bonds is 7. The zero-order valence-corrected chi connectivity index (χ0v) is 13.3. The van der Waals surface area contributed by atoms with Gasteiger partial charge in [0.2, 0.25) is 5.91 Å². The van der Waals surface area contributed by atoms with E-state index in [1.54, 1.807) is 0 Å². The molecule has 5 nitrogen and oxygen atoms in total. The molecule has 1 unspecified atom stereocenters. The number of aliphatic hydroxyl groups is 1. The number of nitrogens with zero attached hydrogens (tertiary/aromatic N) is 2. The summed E-state index contributed by atoms with van der Waals surface area (Å²) in [6.07, 6.45) is 0.0767. The molecule has 0 aliphatic carbocycles. The van der Waals surface area contributed by atoms with E-state index < -0.39 is 6.10 Å². The Hall–Kier alpha value is -1.43. The quantitative estimate of drug-likeness (QED) is 0.820. The normalized spacial score (nSPS) is 17.5. The standard InChI is InChI=1S/C17H26N2O3/c1-2-17(21)19-10-8-18(9-11-19)12-16(20)14-22-13-15-6-4-3-5-7-15/h3-7,16,20H,2,8-14H2,1H3. The molecule has 1 aliphatic heterocycles. The van der Waals surface area contributed by atoms with Crippen molar-refractivity contribution in [2.75, 3.05) is 39.3 Å². The van der Waals surface area contributed by atoms with Crippen LogP contribution < -0.4 is 0 Å². The second kappa shape index (κ2) is 8.88. The molecule has 0 aromatic heterocycles. The third-order valence-corrected chi connectivity index (χ3v) is 3.92. The van der Waals surface area contributed by atoms with E-state index in [1.807, 2.05) is 42.2 Å². The molecule has 1 aliphatic rings. The topological polar surface area (TPSA) is 53.0 Å². The SMILES string of the molecule is CCC(=O)N1CCN(CC(O)COCc2ccccc2)CC1. The monoisotopic (exact) mass is 306 g/mol. The lowest BCUT2D eigenvalue weighted by Crippen LogP contribution is -2.50. The van der Waals surface area contributed by atoms with Gasteiger partial charge in [-0.3, -0.25) is 9.69 Å². The molecule has 1 heterocycles. The predicted octanol–water partition coefficient (Wildman–Crippen LogP) is 1.12. The van der Waals surface area contributed by atoms with Crippen LogP contribution in [-0.2, 0) is 16.1 Å². The Kier molecular flexibility index (Phi) is 6.83. The first-order valence-corrected chi connectivity index (χ1v) is 7.99. The van der Waals surface area contributed by atoms with Gasteiger partial charge < -0.3 is 14.7 Å². The molecule has 1 aromatic carbocycles. The first-order valence-electron chi connectivity index (χ1n) is 7.99. The van der Waals surface area contributed by atoms with Gasteiger partial charge in [0, 0.05) is 39.1 Å². The van der Waals surface area contributed by atoms with E-state index >= 15 is 0 Å². The summed E-state index contributed by atoms with van der Waals surface area (Å²) in [6.45, 7) is 6.50. The van der Waals surface area contributed by atoms with E-state index in [2.05, 4.69) is 4.90 Å². The number of β-amino-alcohol motifs (C(OH)–C–C–N with tert-alkyl or cyclic N) is 1. The van der Waals surface area contributed by atoms with Gasteiger partial charge in [-0.15, -0.1) is 0 Å². The first-order chi connectivity index (χ1) is 10.7. The molecule has 5 heteroatoms. The van der Waals surface area contributed by atoms with Crippen LogP contribution in [-0.4, -0.2) is 66.2 Å². The highest BCUT2D eigenvalue weighted by Gasteiger charge is 2.21. The van der Waals surface area contributed by atoms with E-state index in [4.69, 9.17) is 4.74 Å². The first kappa shape index (κ1) is 16.9. The van der Waals surface area contributed by atoms with Crippen LogP contribution >= 0.6 is 0 Å². The summed E-state index contributed by atoms with van der Waals surface area (Å²) in [6, 6.07) is 9.95. The fourth-order valence-electron chi connectivity index (χ4n) is 2.64. The number of carbonyl (C=O) groups excluding carboxylic acids is 1. The molecule has 0 saturated carbocycles. The largest absolute Gasteiger partial charge is 0.389 e. The van der Waals surface area contributed by atoms with Crippen molar-refractivity contribution in [1.82, 2.24) is 9.80 Å². The van der Waals surface area contributed by atoms with E-state index in [1.165, 1.54) is 0 Å². The Morgan fingerprint density at radius 3 is 2.55 bits per heavy atom. The minimum Gasteiger partial charge on any atom is -0.389 e. The third kappa shape index (κ3) is 5.40. The van der Waals surface area contributed by atoms with Crippen molar-refractivity contribution in [3.63, 3.8) is 0 Å². The lowest BCUT2D eigenvalue weighted by atomic mass is 10.2. The molecule has 0 bridgehead atoms. The summed E-state index contributed by atoms with van der Waals surface area (Å²) < 4.78 is 5.56. The Morgan fingerprint density at radius 2 is 1.91 bits per heavy atom. The van der Waals surface area contributed by atoms with E-state index in [-0.39, 0.29) is 5.91 Å². The highest BCUT2D eigenvalue weighted by molar-refractivity contribution is 5.75. The van der Waals surface area contributed by atoms with Crippen LogP contribution in [0.2, 0.25) is 0 Å². The molecule has 2 rings (SSSR count). The fourth-order valence-corrected chi connectivity index (χ4v) is 2.64.